The third-order valence-electron chi connectivity index (χ3n) is 2.73. The lowest BCUT2D eigenvalue weighted by molar-refractivity contribution is 0.102. The van der Waals surface area contributed by atoms with E-state index in [1.54, 1.807) is 17.7 Å². The Kier molecular flexibility index (Phi) is 3.57. The van der Waals surface area contributed by atoms with Crippen LogP contribution < -0.4 is 0 Å². The number of hydrogen-bond donors (Lipinski definition) is 0. The van der Waals surface area contributed by atoms with E-state index in [4.69, 9.17) is 16.0 Å². The quantitative estimate of drug-likeness (QED) is 0.797. The van der Waals surface area contributed by atoms with E-state index in [-0.39, 0.29) is 5.78 Å². The van der Waals surface area contributed by atoms with Gasteiger partial charge in [-0.05, 0) is 26.3 Å². The maximum atomic E-state index is 12.5. The van der Waals surface area contributed by atoms with Gasteiger partial charge in [-0.1, -0.05) is 18.5 Å². The Morgan fingerprint density at radius 3 is 2.78 bits per heavy atom. The van der Waals surface area contributed by atoms with Crippen molar-refractivity contribution in [1.29, 1.82) is 0 Å². The molecule has 2 aromatic rings. The Bertz CT molecular complexity index is 584. The van der Waals surface area contributed by atoms with Gasteiger partial charge in [-0.3, -0.25) is 9.48 Å². The van der Waals surface area contributed by atoms with Crippen LogP contribution in [0.1, 0.15) is 40.9 Å². The van der Waals surface area contributed by atoms with E-state index in [9.17, 15) is 4.79 Å². The number of hydrogen-bond acceptors (Lipinski definition) is 3. The van der Waals surface area contributed by atoms with E-state index < -0.39 is 0 Å². The van der Waals surface area contributed by atoms with Crippen LogP contribution in [-0.4, -0.2) is 15.6 Å². The molecule has 0 bridgehead atoms. The van der Waals surface area contributed by atoms with Gasteiger partial charge in [0.15, 0.2) is 0 Å². The van der Waals surface area contributed by atoms with Crippen molar-refractivity contribution in [3.05, 3.63) is 40.1 Å². The predicted molar refractivity (Wildman–Crippen MR) is 69.1 cm³/mol. The van der Waals surface area contributed by atoms with Crippen LogP contribution in [0.3, 0.4) is 0 Å². The van der Waals surface area contributed by atoms with Gasteiger partial charge >= 0.3 is 0 Å². The van der Waals surface area contributed by atoms with Crippen molar-refractivity contribution in [3.63, 3.8) is 0 Å². The molecule has 0 aliphatic rings. The Balaban J connectivity index is 2.45. The molecule has 4 nitrogen and oxygen atoms in total. The molecule has 0 N–H and O–H groups in total. The molecule has 2 heterocycles. The number of carbonyl (C=O) groups excluding carboxylic acids is 1. The molecular weight excluding hydrogens is 252 g/mol. The minimum atomic E-state index is -0.139. The number of nitrogens with zero attached hydrogens (tertiary/aromatic N) is 2. The van der Waals surface area contributed by atoms with Crippen LogP contribution >= 0.6 is 11.6 Å². The fourth-order valence-electron chi connectivity index (χ4n) is 1.95. The Labute approximate surface area is 111 Å². The Morgan fingerprint density at radius 2 is 2.22 bits per heavy atom. The fraction of sp³-hybridized carbons (Fsp3) is 0.385. The summed E-state index contributed by atoms with van der Waals surface area (Å²) >= 11 is 6.05. The van der Waals surface area contributed by atoms with Gasteiger partial charge in [-0.2, -0.15) is 5.10 Å². The summed E-state index contributed by atoms with van der Waals surface area (Å²) in [6.45, 7) is 6.28. The molecule has 0 radical (unpaired) electrons. The molecule has 5 heteroatoms. The maximum absolute atomic E-state index is 12.5. The van der Waals surface area contributed by atoms with Gasteiger partial charge in [0.25, 0.3) is 0 Å². The summed E-state index contributed by atoms with van der Waals surface area (Å²) in [6.07, 6.45) is 2.40. The van der Waals surface area contributed by atoms with Crippen molar-refractivity contribution >= 4 is 17.4 Å². The zero-order valence-electron chi connectivity index (χ0n) is 10.7. The van der Waals surface area contributed by atoms with Crippen LogP contribution in [0.4, 0.5) is 0 Å². The normalized spacial score (nSPS) is 10.9. The van der Waals surface area contributed by atoms with E-state index in [2.05, 4.69) is 5.10 Å². The van der Waals surface area contributed by atoms with Gasteiger partial charge in [-0.25, -0.2) is 0 Å². The predicted octanol–water partition coefficient (Wildman–Crippen LogP) is 3.39. The minimum Gasteiger partial charge on any atom is -0.466 e. The standard InChI is InChI=1S/C13H15ClN2O2/c1-4-5-16-12(11(14)7-15-16)13(17)10-6-8(2)18-9(10)3/h6-7H,4-5H2,1-3H3. The van der Waals surface area contributed by atoms with Crippen LogP contribution in [0, 0.1) is 13.8 Å². The van der Waals surface area contributed by atoms with E-state index in [1.807, 2.05) is 13.8 Å². The molecule has 96 valence electrons. The molecule has 0 aliphatic carbocycles. The van der Waals surface area contributed by atoms with Gasteiger partial charge in [0.05, 0.1) is 16.8 Å². The molecular formula is C13H15ClN2O2. The third-order valence-corrected chi connectivity index (χ3v) is 3.01. The first kappa shape index (κ1) is 12.9. The van der Waals surface area contributed by atoms with Crippen molar-refractivity contribution in [2.75, 3.05) is 0 Å². The molecule has 0 aliphatic heterocycles. The second-order valence-electron chi connectivity index (χ2n) is 4.22. The van der Waals surface area contributed by atoms with Gasteiger partial charge < -0.3 is 4.42 Å². The lowest BCUT2D eigenvalue weighted by Crippen LogP contribution is -2.12. The van der Waals surface area contributed by atoms with E-state index in [1.165, 1.54) is 6.20 Å². The van der Waals surface area contributed by atoms with Crippen molar-refractivity contribution in [2.24, 2.45) is 0 Å². The van der Waals surface area contributed by atoms with Gasteiger partial charge in [-0.15, -0.1) is 0 Å². The second-order valence-corrected chi connectivity index (χ2v) is 4.63. The monoisotopic (exact) mass is 266 g/mol. The first-order chi connectivity index (χ1) is 8.54. The van der Waals surface area contributed by atoms with Crippen LogP contribution in [0.5, 0.6) is 0 Å². The topological polar surface area (TPSA) is 48.0 Å². The molecule has 0 unspecified atom stereocenters. The molecule has 0 saturated heterocycles. The molecule has 0 saturated carbocycles. The third kappa shape index (κ3) is 2.20. The average molecular weight is 267 g/mol. The van der Waals surface area contributed by atoms with Crippen LogP contribution in [0.25, 0.3) is 0 Å². The number of ketones is 1. The highest BCUT2D eigenvalue weighted by atomic mass is 35.5. The first-order valence-electron chi connectivity index (χ1n) is 5.87. The zero-order chi connectivity index (χ0) is 13.3. The lowest BCUT2D eigenvalue weighted by Gasteiger charge is -2.05. The number of halogens is 1. The fourth-order valence-corrected chi connectivity index (χ4v) is 2.18. The van der Waals surface area contributed by atoms with Gasteiger partial charge in [0, 0.05) is 6.54 Å². The van der Waals surface area contributed by atoms with E-state index in [0.29, 0.717) is 34.3 Å². The molecule has 0 aromatic carbocycles. The summed E-state index contributed by atoms with van der Waals surface area (Å²) < 4.78 is 7.03. The molecule has 0 fully saturated rings. The summed E-state index contributed by atoms with van der Waals surface area (Å²) in [5.41, 5.74) is 0.981. The van der Waals surface area contributed by atoms with Crippen LogP contribution in [0.2, 0.25) is 5.02 Å². The van der Waals surface area contributed by atoms with Crippen LogP contribution in [-0.2, 0) is 6.54 Å². The molecule has 2 rings (SSSR count). The summed E-state index contributed by atoms with van der Waals surface area (Å²) in [5.74, 6) is 1.19. The van der Waals surface area contributed by atoms with Crippen molar-refractivity contribution in [3.8, 4) is 0 Å². The lowest BCUT2D eigenvalue weighted by atomic mass is 10.1. The summed E-state index contributed by atoms with van der Waals surface area (Å²) in [4.78, 5) is 12.5. The number of carbonyl (C=O) groups is 1. The SMILES string of the molecule is CCCn1ncc(Cl)c1C(=O)c1cc(C)oc1C. The van der Waals surface area contributed by atoms with Gasteiger partial charge in [0.1, 0.15) is 17.2 Å². The number of aromatic nitrogens is 2. The summed E-state index contributed by atoms with van der Waals surface area (Å²) in [7, 11) is 0. The minimum absolute atomic E-state index is 0.139. The zero-order valence-corrected chi connectivity index (χ0v) is 11.4. The molecule has 2 aromatic heterocycles. The highest BCUT2D eigenvalue weighted by Gasteiger charge is 2.22. The average Bonchev–Trinajstić information content (AvgIpc) is 2.82. The molecule has 0 spiro atoms. The smallest absolute Gasteiger partial charge is 0.216 e. The highest BCUT2D eigenvalue weighted by molar-refractivity contribution is 6.34. The summed E-state index contributed by atoms with van der Waals surface area (Å²) in [5, 5.41) is 4.50. The largest absolute Gasteiger partial charge is 0.466 e. The van der Waals surface area contributed by atoms with E-state index in [0.717, 1.165) is 6.42 Å². The first-order valence-corrected chi connectivity index (χ1v) is 6.25. The van der Waals surface area contributed by atoms with Crippen molar-refractivity contribution < 1.29 is 9.21 Å². The van der Waals surface area contributed by atoms with Crippen LogP contribution in [0.15, 0.2) is 16.7 Å². The van der Waals surface area contributed by atoms with Crippen molar-refractivity contribution in [2.45, 2.75) is 33.7 Å². The molecule has 18 heavy (non-hydrogen) atoms. The van der Waals surface area contributed by atoms with Crippen molar-refractivity contribution in [1.82, 2.24) is 9.78 Å². The Hall–Kier alpha value is -1.55. The number of aryl methyl sites for hydroxylation is 3. The number of rotatable bonds is 4. The maximum Gasteiger partial charge on any atom is 0.216 e. The Morgan fingerprint density at radius 1 is 1.50 bits per heavy atom. The summed E-state index contributed by atoms with van der Waals surface area (Å²) in [6, 6.07) is 1.73. The molecule has 0 atom stereocenters. The second kappa shape index (κ2) is 4.98. The highest BCUT2D eigenvalue weighted by Crippen LogP contribution is 2.23. The van der Waals surface area contributed by atoms with Gasteiger partial charge in [0.2, 0.25) is 5.78 Å². The molecule has 0 amide bonds. The van der Waals surface area contributed by atoms with E-state index >= 15 is 0 Å². The number of furan rings is 1.